The molecule has 8 heavy (non-hydrogen) atoms. The van der Waals surface area contributed by atoms with Gasteiger partial charge in [-0.05, 0) is 6.92 Å². The van der Waals surface area contributed by atoms with Gasteiger partial charge in [0.05, 0.1) is 6.61 Å². The molecule has 0 aliphatic rings. The van der Waals surface area contributed by atoms with E-state index in [4.69, 9.17) is 0 Å². The van der Waals surface area contributed by atoms with E-state index in [1.54, 1.807) is 6.92 Å². The van der Waals surface area contributed by atoms with Crippen LogP contribution >= 0.6 is 39.9 Å². The molecule has 0 saturated carbocycles. The number of carbonyl (C=O) groups excluding carboxylic acids is 1. The van der Waals surface area contributed by atoms with Gasteiger partial charge in [-0.2, -0.15) is 0 Å². The Bertz CT molecular complexity index is 67.1. The maximum atomic E-state index is 10.1. The first-order chi connectivity index (χ1) is 3.31. The highest BCUT2D eigenvalue weighted by molar-refractivity contribution is 14.0. The van der Waals surface area contributed by atoms with Gasteiger partial charge in [0, 0.05) is 0 Å². The molecule has 0 amide bonds. The molecule has 0 spiro atoms. The Morgan fingerprint density at radius 1 is 1.75 bits per heavy atom. The highest BCUT2D eigenvalue weighted by Gasteiger charge is 1.92. The summed E-state index contributed by atoms with van der Waals surface area (Å²) in [5.74, 6) is -0.206. The van der Waals surface area contributed by atoms with Crippen molar-refractivity contribution in [1.82, 2.24) is 0 Å². The maximum absolute atomic E-state index is 10.1. The highest BCUT2D eigenvalue weighted by Crippen LogP contribution is 1.82. The van der Waals surface area contributed by atoms with Gasteiger partial charge in [-0.1, -0.05) is 15.9 Å². The zero-order chi connectivity index (χ0) is 5.70. The molecular weight excluding hydrogens is 287 g/mol. The number of hydrogen-bond acceptors (Lipinski definition) is 2. The Labute approximate surface area is 74.1 Å². The van der Waals surface area contributed by atoms with Crippen molar-refractivity contribution in [3.05, 3.63) is 0 Å². The Kier molecular flexibility index (Phi) is 11.0. The summed E-state index contributed by atoms with van der Waals surface area (Å²) in [5.41, 5.74) is 0. The van der Waals surface area contributed by atoms with Gasteiger partial charge in [0.25, 0.3) is 0 Å². The van der Waals surface area contributed by atoms with Gasteiger partial charge in [0.1, 0.15) is 5.33 Å². The van der Waals surface area contributed by atoms with Crippen molar-refractivity contribution < 1.29 is 9.53 Å². The average Bonchev–Trinajstić information content (AvgIpc) is 1.68. The molecule has 0 N–H and O–H groups in total. The lowest BCUT2D eigenvalue weighted by Crippen LogP contribution is -2.03. The monoisotopic (exact) mass is 294 g/mol. The maximum Gasteiger partial charge on any atom is 0.316 e. The smallest absolute Gasteiger partial charge is 0.316 e. The number of hydrogen-bond donors (Lipinski definition) is 0. The molecule has 0 bridgehead atoms. The third kappa shape index (κ3) is 6.68. The first-order valence-corrected chi connectivity index (χ1v) is 3.15. The van der Waals surface area contributed by atoms with Gasteiger partial charge in [0.2, 0.25) is 0 Å². The third-order valence-corrected chi connectivity index (χ3v) is 0.872. The standard InChI is InChI=1S/C4H7BrO2.HI/c1-2-7-4(6)3-5;/h2-3H2,1H3;1H. The van der Waals surface area contributed by atoms with Crippen molar-refractivity contribution in [2.75, 3.05) is 11.9 Å². The fourth-order valence-electron chi connectivity index (χ4n) is 0.200. The minimum absolute atomic E-state index is 0. The zero-order valence-electron chi connectivity index (χ0n) is 4.52. The summed E-state index contributed by atoms with van der Waals surface area (Å²) in [4.78, 5) is 10.1. The first kappa shape index (κ1) is 11.5. The van der Waals surface area contributed by atoms with E-state index in [9.17, 15) is 4.79 Å². The Morgan fingerprint density at radius 2 is 2.25 bits per heavy atom. The lowest BCUT2D eigenvalue weighted by molar-refractivity contribution is -0.139. The van der Waals surface area contributed by atoms with Crippen LogP contribution in [0.1, 0.15) is 6.92 Å². The van der Waals surface area contributed by atoms with E-state index >= 15 is 0 Å². The van der Waals surface area contributed by atoms with Gasteiger partial charge >= 0.3 is 5.97 Å². The van der Waals surface area contributed by atoms with E-state index in [1.807, 2.05) is 0 Å². The number of alkyl halides is 1. The van der Waals surface area contributed by atoms with Crippen molar-refractivity contribution in [2.24, 2.45) is 0 Å². The molecule has 0 fully saturated rings. The summed E-state index contributed by atoms with van der Waals surface area (Å²) in [6.45, 7) is 2.24. The van der Waals surface area contributed by atoms with Crippen molar-refractivity contribution in [2.45, 2.75) is 6.92 Å². The molecule has 0 rings (SSSR count). The molecule has 0 atom stereocenters. The molecule has 4 heteroatoms. The van der Waals surface area contributed by atoms with Crippen molar-refractivity contribution >= 4 is 45.9 Å². The van der Waals surface area contributed by atoms with Crippen LogP contribution in [-0.4, -0.2) is 17.9 Å². The summed E-state index contributed by atoms with van der Waals surface area (Å²) >= 11 is 2.94. The van der Waals surface area contributed by atoms with E-state index in [-0.39, 0.29) is 29.9 Å². The van der Waals surface area contributed by atoms with Crippen LogP contribution in [-0.2, 0) is 9.53 Å². The number of ether oxygens (including phenoxy) is 1. The Balaban J connectivity index is 0. The fourth-order valence-corrected chi connectivity index (χ4v) is 0.361. The number of rotatable bonds is 2. The summed E-state index contributed by atoms with van der Waals surface area (Å²) in [5, 5.41) is 0.292. The molecule has 0 radical (unpaired) electrons. The molecule has 0 unspecified atom stereocenters. The normalized spacial score (nSPS) is 7.25. The van der Waals surface area contributed by atoms with Gasteiger partial charge in [-0.15, -0.1) is 24.0 Å². The lowest BCUT2D eigenvalue weighted by Gasteiger charge is -1.92. The quantitative estimate of drug-likeness (QED) is 0.439. The lowest BCUT2D eigenvalue weighted by atomic mass is 10.8. The summed E-state index contributed by atoms with van der Waals surface area (Å²) in [6, 6.07) is 0. The van der Waals surface area contributed by atoms with E-state index in [2.05, 4.69) is 20.7 Å². The Hall–Kier alpha value is 0.680. The zero-order valence-corrected chi connectivity index (χ0v) is 8.43. The summed E-state index contributed by atoms with van der Waals surface area (Å²) in [6.07, 6.45) is 0. The van der Waals surface area contributed by atoms with Gasteiger partial charge in [-0.3, -0.25) is 4.79 Å². The first-order valence-electron chi connectivity index (χ1n) is 2.02. The minimum atomic E-state index is -0.206. The van der Waals surface area contributed by atoms with Crippen molar-refractivity contribution in [3.8, 4) is 0 Å². The highest BCUT2D eigenvalue weighted by atomic mass is 127. The van der Waals surface area contributed by atoms with Gasteiger partial charge in [0.15, 0.2) is 0 Å². The molecular formula is C4H8BrIO2. The van der Waals surface area contributed by atoms with E-state index < -0.39 is 0 Å². The Morgan fingerprint density at radius 3 is 2.38 bits per heavy atom. The van der Waals surface area contributed by atoms with Crippen LogP contribution in [0.5, 0.6) is 0 Å². The molecule has 2 nitrogen and oxygen atoms in total. The third-order valence-electron chi connectivity index (χ3n) is 0.414. The molecule has 0 aliphatic carbocycles. The van der Waals surface area contributed by atoms with Gasteiger partial charge < -0.3 is 4.74 Å². The number of carbonyl (C=O) groups is 1. The SMILES string of the molecule is CCOC(=O)CBr.I. The summed E-state index contributed by atoms with van der Waals surface area (Å²) in [7, 11) is 0. The predicted molar refractivity (Wildman–Crippen MR) is 45.8 cm³/mol. The second-order valence-corrected chi connectivity index (χ2v) is 1.50. The van der Waals surface area contributed by atoms with Crippen molar-refractivity contribution in [1.29, 1.82) is 0 Å². The second-order valence-electron chi connectivity index (χ2n) is 0.939. The van der Waals surface area contributed by atoms with Crippen LogP contribution in [0.3, 0.4) is 0 Å². The topological polar surface area (TPSA) is 26.3 Å². The van der Waals surface area contributed by atoms with Crippen LogP contribution in [0.15, 0.2) is 0 Å². The molecule has 0 aromatic heterocycles. The van der Waals surface area contributed by atoms with Crippen LogP contribution < -0.4 is 0 Å². The van der Waals surface area contributed by atoms with Crippen LogP contribution in [0, 0.1) is 0 Å². The predicted octanol–water partition coefficient (Wildman–Crippen LogP) is 1.56. The molecule has 0 aliphatic heterocycles. The van der Waals surface area contributed by atoms with E-state index in [0.29, 0.717) is 11.9 Å². The fraction of sp³-hybridized carbons (Fsp3) is 0.750. The van der Waals surface area contributed by atoms with E-state index in [0.717, 1.165) is 0 Å². The summed E-state index contributed by atoms with van der Waals surface area (Å²) < 4.78 is 4.51. The van der Waals surface area contributed by atoms with Crippen LogP contribution in [0.2, 0.25) is 0 Å². The van der Waals surface area contributed by atoms with Crippen LogP contribution in [0.25, 0.3) is 0 Å². The van der Waals surface area contributed by atoms with Crippen molar-refractivity contribution in [3.63, 3.8) is 0 Å². The van der Waals surface area contributed by atoms with Crippen LogP contribution in [0.4, 0.5) is 0 Å². The minimum Gasteiger partial charge on any atom is -0.465 e. The number of halogens is 2. The average molecular weight is 295 g/mol. The second kappa shape index (κ2) is 7.68. The molecule has 0 aromatic carbocycles. The van der Waals surface area contributed by atoms with E-state index in [1.165, 1.54) is 0 Å². The largest absolute Gasteiger partial charge is 0.465 e. The molecule has 0 saturated heterocycles. The number of esters is 1. The van der Waals surface area contributed by atoms with Gasteiger partial charge in [-0.25, -0.2) is 0 Å². The molecule has 0 aromatic rings. The molecule has 50 valence electrons. The molecule has 0 heterocycles.